The van der Waals surface area contributed by atoms with Crippen LogP contribution in [0.4, 0.5) is 0 Å². The van der Waals surface area contributed by atoms with Crippen LogP contribution in [0, 0.1) is 5.92 Å². The number of nitrogens with zero attached hydrogens (tertiary/aromatic N) is 1. The topological polar surface area (TPSA) is 12.9 Å². The van der Waals surface area contributed by atoms with Crippen LogP contribution in [0.1, 0.15) is 19.4 Å². The molecule has 0 N–H and O–H groups in total. The smallest absolute Gasteiger partial charge is 0.0780 e. The second-order valence-corrected chi connectivity index (χ2v) is 5.68. The summed E-state index contributed by atoms with van der Waals surface area (Å²) in [6.07, 6.45) is 3.01. The van der Waals surface area contributed by atoms with Crippen molar-refractivity contribution in [1.82, 2.24) is 4.98 Å². The number of fused-ring (bicyclic) bond motifs is 1. The summed E-state index contributed by atoms with van der Waals surface area (Å²) in [6, 6.07) is 19.3. The highest BCUT2D eigenvalue weighted by atomic mass is 14.7. The molecule has 0 unspecified atom stereocenters. The lowest BCUT2D eigenvalue weighted by Gasteiger charge is -2.09. The van der Waals surface area contributed by atoms with Crippen LogP contribution in [0.15, 0.2) is 60.8 Å². The lowest BCUT2D eigenvalue weighted by molar-refractivity contribution is 0.647. The SMILES string of the molecule is CC(C)Cc1cccc(-c2nccc3ccccc23)c1. The quantitative estimate of drug-likeness (QED) is 0.639. The van der Waals surface area contributed by atoms with E-state index in [4.69, 9.17) is 0 Å². The summed E-state index contributed by atoms with van der Waals surface area (Å²) >= 11 is 0. The minimum Gasteiger partial charge on any atom is -0.256 e. The zero-order valence-corrected chi connectivity index (χ0v) is 12.0. The molecule has 0 fully saturated rings. The number of aromatic nitrogens is 1. The molecule has 0 atom stereocenters. The van der Waals surface area contributed by atoms with Crippen LogP contribution in [0.3, 0.4) is 0 Å². The first kappa shape index (κ1) is 12.9. The molecule has 20 heavy (non-hydrogen) atoms. The van der Waals surface area contributed by atoms with E-state index in [0.29, 0.717) is 5.92 Å². The Labute approximate surface area is 120 Å². The zero-order chi connectivity index (χ0) is 13.9. The van der Waals surface area contributed by atoms with E-state index in [0.717, 1.165) is 12.1 Å². The fourth-order valence-corrected chi connectivity index (χ4v) is 2.67. The minimum atomic E-state index is 0.672. The van der Waals surface area contributed by atoms with Crippen molar-refractivity contribution in [2.75, 3.05) is 0 Å². The maximum atomic E-state index is 4.60. The Morgan fingerprint density at radius 2 is 1.80 bits per heavy atom. The van der Waals surface area contributed by atoms with Crippen molar-refractivity contribution in [3.63, 3.8) is 0 Å². The maximum absolute atomic E-state index is 4.60. The summed E-state index contributed by atoms with van der Waals surface area (Å²) in [7, 11) is 0. The highest BCUT2D eigenvalue weighted by Gasteiger charge is 2.06. The van der Waals surface area contributed by atoms with E-state index in [2.05, 4.69) is 73.4 Å². The standard InChI is InChI=1S/C19H19N/c1-14(2)12-15-6-5-8-17(13-15)19-18-9-4-3-7-16(18)10-11-20-19/h3-11,13-14H,12H2,1-2H3. The predicted molar refractivity (Wildman–Crippen MR) is 85.7 cm³/mol. The molecule has 3 rings (SSSR count). The number of hydrogen-bond acceptors (Lipinski definition) is 1. The van der Waals surface area contributed by atoms with Gasteiger partial charge in [0, 0.05) is 17.1 Å². The van der Waals surface area contributed by atoms with Gasteiger partial charge in [0.1, 0.15) is 0 Å². The van der Waals surface area contributed by atoms with Crippen LogP contribution in [0.25, 0.3) is 22.0 Å². The van der Waals surface area contributed by atoms with Gasteiger partial charge in [-0.1, -0.05) is 56.3 Å². The second kappa shape index (κ2) is 5.46. The first-order valence-electron chi connectivity index (χ1n) is 7.17. The van der Waals surface area contributed by atoms with Crippen LogP contribution in [-0.2, 0) is 6.42 Å². The Morgan fingerprint density at radius 3 is 2.65 bits per heavy atom. The summed E-state index contributed by atoms with van der Waals surface area (Å²) in [5.41, 5.74) is 3.67. The van der Waals surface area contributed by atoms with Crippen LogP contribution in [-0.4, -0.2) is 4.98 Å². The molecule has 1 aromatic heterocycles. The molecule has 0 aliphatic carbocycles. The molecule has 3 aromatic rings. The van der Waals surface area contributed by atoms with Gasteiger partial charge in [-0.05, 0) is 35.4 Å². The first-order valence-corrected chi connectivity index (χ1v) is 7.17. The van der Waals surface area contributed by atoms with Crippen LogP contribution in [0.2, 0.25) is 0 Å². The Hall–Kier alpha value is -2.15. The van der Waals surface area contributed by atoms with Crippen molar-refractivity contribution in [1.29, 1.82) is 0 Å². The van der Waals surface area contributed by atoms with Gasteiger partial charge in [-0.2, -0.15) is 0 Å². The molecule has 0 bridgehead atoms. The highest BCUT2D eigenvalue weighted by Crippen LogP contribution is 2.27. The van der Waals surface area contributed by atoms with E-state index >= 15 is 0 Å². The lowest BCUT2D eigenvalue weighted by atomic mass is 9.98. The van der Waals surface area contributed by atoms with Crippen molar-refractivity contribution in [2.45, 2.75) is 20.3 Å². The molecular formula is C19H19N. The van der Waals surface area contributed by atoms with Crippen LogP contribution >= 0.6 is 0 Å². The summed E-state index contributed by atoms with van der Waals surface area (Å²) < 4.78 is 0. The molecule has 0 aliphatic heterocycles. The van der Waals surface area contributed by atoms with E-state index in [1.54, 1.807) is 0 Å². The van der Waals surface area contributed by atoms with Crippen LogP contribution in [0.5, 0.6) is 0 Å². The van der Waals surface area contributed by atoms with Crippen LogP contribution < -0.4 is 0 Å². The fraction of sp³-hybridized carbons (Fsp3) is 0.211. The summed E-state index contributed by atoms with van der Waals surface area (Å²) in [6.45, 7) is 4.51. The number of rotatable bonds is 3. The van der Waals surface area contributed by atoms with E-state index < -0.39 is 0 Å². The third-order valence-electron chi connectivity index (χ3n) is 3.52. The average molecular weight is 261 g/mol. The molecular weight excluding hydrogens is 242 g/mol. The summed E-state index contributed by atoms with van der Waals surface area (Å²) in [5.74, 6) is 0.672. The van der Waals surface area contributed by atoms with E-state index in [1.165, 1.54) is 21.9 Å². The number of pyridine rings is 1. The average Bonchev–Trinajstić information content (AvgIpc) is 2.46. The third kappa shape index (κ3) is 2.57. The summed E-state index contributed by atoms with van der Waals surface area (Å²) in [5, 5.41) is 2.46. The van der Waals surface area contributed by atoms with Gasteiger partial charge in [0.05, 0.1) is 5.69 Å². The Balaban J connectivity index is 2.11. The van der Waals surface area contributed by atoms with Gasteiger partial charge >= 0.3 is 0 Å². The molecule has 0 aliphatic rings. The Kier molecular flexibility index (Phi) is 3.51. The molecule has 0 radical (unpaired) electrons. The lowest BCUT2D eigenvalue weighted by Crippen LogP contribution is -1.94. The van der Waals surface area contributed by atoms with Gasteiger partial charge in [0.25, 0.3) is 0 Å². The molecule has 0 saturated carbocycles. The van der Waals surface area contributed by atoms with Gasteiger partial charge in [0.15, 0.2) is 0 Å². The van der Waals surface area contributed by atoms with Gasteiger partial charge in [0.2, 0.25) is 0 Å². The molecule has 1 heteroatoms. The van der Waals surface area contributed by atoms with Gasteiger partial charge in [-0.3, -0.25) is 4.98 Å². The number of hydrogen-bond donors (Lipinski definition) is 0. The summed E-state index contributed by atoms with van der Waals surface area (Å²) in [4.78, 5) is 4.60. The highest BCUT2D eigenvalue weighted by molar-refractivity contribution is 5.94. The van der Waals surface area contributed by atoms with E-state index in [-0.39, 0.29) is 0 Å². The normalized spacial score (nSPS) is 11.2. The third-order valence-corrected chi connectivity index (χ3v) is 3.52. The molecule has 0 amide bonds. The van der Waals surface area contributed by atoms with E-state index in [9.17, 15) is 0 Å². The molecule has 0 saturated heterocycles. The van der Waals surface area contributed by atoms with Crippen molar-refractivity contribution in [3.8, 4) is 11.3 Å². The fourth-order valence-electron chi connectivity index (χ4n) is 2.67. The predicted octanol–water partition coefficient (Wildman–Crippen LogP) is 5.10. The minimum absolute atomic E-state index is 0.672. The van der Waals surface area contributed by atoms with E-state index in [1.807, 2.05) is 6.20 Å². The zero-order valence-electron chi connectivity index (χ0n) is 12.0. The molecule has 1 heterocycles. The largest absolute Gasteiger partial charge is 0.256 e. The van der Waals surface area contributed by atoms with Gasteiger partial charge < -0.3 is 0 Å². The molecule has 2 aromatic carbocycles. The second-order valence-electron chi connectivity index (χ2n) is 5.68. The monoisotopic (exact) mass is 261 g/mol. The Bertz CT molecular complexity index is 723. The van der Waals surface area contributed by atoms with Crippen molar-refractivity contribution in [2.24, 2.45) is 5.92 Å². The van der Waals surface area contributed by atoms with Crippen molar-refractivity contribution in [3.05, 3.63) is 66.4 Å². The molecule has 0 spiro atoms. The first-order chi connectivity index (χ1) is 9.74. The van der Waals surface area contributed by atoms with Crippen molar-refractivity contribution >= 4 is 10.8 Å². The Morgan fingerprint density at radius 1 is 0.950 bits per heavy atom. The van der Waals surface area contributed by atoms with Crippen molar-refractivity contribution < 1.29 is 0 Å². The van der Waals surface area contributed by atoms with Gasteiger partial charge in [-0.15, -0.1) is 0 Å². The maximum Gasteiger partial charge on any atom is 0.0780 e. The molecule has 1 nitrogen and oxygen atoms in total. The number of benzene rings is 2. The molecule has 100 valence electrons. The van der Waals surface area contributed by atoms with Gasteiger partial charge in [-0.25, -0.2) is 0 Å².